The van der Waals surface area contributed by atoms with Crippen LogP contribution in [0.3, 0.4) is 0 Å². The van der Waals surface area contributed by atoms with Gasteiger partial charge in [0.2, 0.25) is 5.75 Å². The first-order chi connectivity index (χ1) is 13.8. The molecule has 1 aromatic heterocycles. The standard InChI is InChI=1S/C18H23F3N4O3S.HI/c1-22-17(24-9-14-25-13(10-29-14)18(19,20)21)23-8-7-11-5-6-12(26-2)16(28-4)15(11)27-3;/h5-6,10H,7-9H2,1-4H3,(H2,22,23,24);1H. The fraction of sp³-hybridized carbons (Fsp3) is 0.444. The quantitative estimate of drug-likeness (QED) is 0.292. The molecule has 168 valence electrons. The molecule has 0 radical (unpaired) electrons. The number of halogens is 4. The van der Waals surface area contributed by atoms with Gasteiger partial charge in [-0.2, -0.15) is 13.2 Å². The topological polar surface area (TPSA) is 77.0 Å². The molecule has 12 heteroatoms. The predicted molar refractivity (Wildman–Crippen MR) is 121 cm³/mol. The zero-order chi connectivity index (χ0) is 21.4. The average Bonchev–Trinajstić information content (AvgIpc) is 3.19. The van der Waals surface area contributed by atoms with Crippen molar-refractivity contribution in [3.8, 4) is 17.2 Å². The first-order valence-corrected chi connectivity index (χ1v) is 9.46. The second kappa shape index (κ2) is 12.0. The molecular weight excluding hydrogens is 536 g/mol. The molecular formula is C18H24F3IN4O3S. The van der Waals surface area contributed by atoms with Crippen LogP contribution in [-0.4, -0.2) is 45.9 Å². The van der Waals surface area contributed by atoms with Gasteiger partial charge in [-0.15, -0.1) is 35.3 Å². The molecule has 0 spiro atoms. The molecule has 0 aliphatic heterocycles. The number of ether oxygens (including phenoxy) is 3. The van der Waals surface area contributed by atoms with E-state index >= 15 is 0 Å². The van der Waals surface area contributed by atoms with E-state index in [0.717, 1.165) is 22.3 Å². The summed E-state index contributed by atoms with van der Waals surface area (Å²) in [6.07, 6.45) is -3.84. The molecule has 0 unspecified atom stereocenters. The Labute approximate surface area is 194 Å². The molecule has 1 aromatic carbocycles. The maximum atomic E-state index is 12.6. The minimum absolute atomic E-state index is 0. The van der Waals surface area contributed by atoms with E-state index in [9.17, 15) is 13.2 Å². The Balaban J connectivity index is 0.00000450. The van der Waals surface area contributed by atoms with Crippen molar-refractivity contribution < 1.29 is 27.4 Å². The molecule has 0 fully saturated rings. The first-order valence-electron chi connectivity index (χ1n) is 8.58. The number of aliphatic imine (C=N–C) groups is 1. The lowest BCUT2D eigenvalue weighted by molar-refractivity contribution is -0.140. The minimum atomic E-state index is -4.44. The van der Waals surface area contributed by atoms with Crippen LogP contribution >= 0.6 is 35.3 Å². The highest BCUT2D eigenvalue weighted by Gasteiger charge is 2.33. The van der Waals surface area contributed by atoms with Gasteiger partial charge >= 0.3 is 6.18 Å². The highest BCUT2D eigenvalue weighted by molar-refractivity contribution is 14.0. The molecule has 0 saturated heterocycles. The van der Waals surface area contributed by atoms with Gasteiger partial charge in [-0.3, -0.25) is 4.99 Å². The van der Waals surface area contributed by atoms with Crippen LogP contribution in [0.4, 0.5) is 13.2 Å². The number of methoxy groups -OCH3 is 3. The Hall–Kier alpha value is -1.96. The van der Waals surface area contributed by atoms with Gasteiger partial charge in [-0.25, -0.2) is 4.98 Å². The zero-order valence-corrected chi connectivity index (χ0v) is 20.1. The summed E-state index contributed by atoms with van der Waals surface area (Å²) in [6, 6.07) is 3.68. The molecule has 2 aromatic rings. The Morgan fingerprint density at radius 3 is 2.33 bits per heavy atom. The van der Waals surface area contributed by atoms with E-state index in [1.165, 1.54) is 7.11 Å². The number of guanidine groups is 1. The Morgan fingerprint density at radius 2 is 1.80 bits per heavy atom. The SMILES string of the molecule is CN=C(NCCc1ccc(OC)c(OC)c1OC)NCc1nc(C(F)(F)F)cs1.I. The maximum Gasteiger partial charge on any atom is 0.434 e. The summed E-state index contributed by atoms with van der Waals surface area (Å²) in [5, 5.41) is 7.38. The van der Waals surface area contributed by atoms with Crippen LogP contribution in [0.2, 0.25) is 0 Å². The second-order valence-electron chi connectivity index (χ2n) is 5.72. The number of thiazole rings is 1. The maximum absolute atomic E-state index is 12.6. The monoisotopic (exact) mass is 560 g/mol. The lowest BCUT2D eigenvalue weighted by Crippen LogP contribution is -2.37. The van der Waals surface area contributed by atoms with Crippen molar-refractivity contribution in [1.82, 2.24) is 15.6 Å². The molecule has 0 saturated carbocycles. The summed E-state index contributed by atoms with van der Waals surface area (Å²) < 4.78 is 53.9. The highest BCUT2D eigenvalue weighted by Crippen LogP contribution is 2.39. The van der Waals surface area contributed by atoms with Crippen LogP contribution in [-0.2, 0) is 19.1 Å². The van der Waals surface area contributed by atoms with Gasteiger partial charge in [0.25, 0.3) is 0 Å². The normalized spacial score (nSPS) is 11.5. The number of rotatable bonds is 8. The smallest absolute Gasteiger partial charge is 0.434 e. The third kappa shape index (κ3) is 6.79. The molecule has 0 amide bonds. The van der Waals surface area contributed by atoms with Crippen LogP contribution in [0, 0.1) is 0 Å². The van der Waals surface area contributed by atoms with E-state index in [-0.39, 0.29) is 30.5 Å². The fourth-order valence-corrected chi connectivity index (χ4v) is 3.32. The Kier molecular flexibility index (Phi) is 10.5. The predicted octanol–water partition coefficient (Wildman–Crippen LogP) is 3.71. The molecule has 30 heavy (non-hydrogen) atoms. The summed E-state index contributed by atoms with van der Waals surface area (Å²) in [6.45, 7) is 0.650. The van der Waals surface area contributed by atoms with E-state index in [4.69, 9.17) is 14.2 Å². The molecule has 0 aliphatic carbocycles. The summed E-state index contributed by atoms with van der Waals surface area (Å²) in [5.41, 5.74) is 0.0191. The number of hydrogen-bond donors (Lipinski definition) is 2. The van der Waals surface area contributed by atoms with Gasteiger partial charge in [0.15, 0.2) is 23.2 Å². The van der Waals surface area contributed by atoms with Crippen LogP contribution in [0.25, 0.3) is 0 Å². The van der Waals surface area contributed by atoms with Crippen molar-refractivity contribution in [2.45, 2.75) is 19.1 Å². The van der Waals surface area contributed by atoms with Crippen molar-refractivity contribution in [2.24, 2.45) is 4.99 Å². The molecule has 0 aliphatic rings. The van der Waals surface area contributed by atoms with E-state index in [0.29, 0.717) is 41.2 Å². The molecule has 2 rings (SSSR count). The van der Waals surface area contributed by atoms with Crippen molar-refractivity contribution >= 4 is 41.3 Å². The van der Waals surface area contributed by atoms with Gasteiger partial charge in [0.1, 0.15) is 5.01 Å². The van der Waals surface area contributed by atoms with Crippen molar-refractivity contribution in [2.75, 3.05) is 34.9 Å². The summed E-state index contributed by atoms with van der Waals surface area (Å²) in [5.74, 6) is 2.12. The molecule has 1 heterocycles. The van der Waals surface area contributed by atoms with Gasteiger partial charge in [0, 0.05) is 24.5 Å². The lowest BCUT2D eigenvalue weighted by atomic mass is 10.1. The first kappa shape index (κ1) is 26.1. The van der Waals surface area contributed by atoms with Gasteiger partial charge in [-0.1, -0.05) is 6.07 Å². The van der Waals surface area contributed by atoms with Crippen molar-refractivity contribution in [3.05, 3.63) is 33.8 Å². The van der Waals surface area contributed by atoms with Crippen LogP contribution in [0.5, 0.6) is 17.2 Å². The van der Waals surface area contributed by atoms with E-state index in [1.807, 2.05) is 6.07 Å². The van der Waals surface area contributed by atoms with E-state index in [2.05, 4.69) is 20.6 Å². The van der Waals surface area contributed by atoms with Crippen LogP contribution in [0.15, 0.2) is 22.5 Å². The molecule has 0 atom stereocenters. The zero-order valence-electron chi connectivity index (χ0n) is 16.9. The molecule has 0 bridgehead atoms. The highest BCUT2D eigenvalue weighted by atomic mass is 127. The average molecular weight is 560 g/mol. The Morgan fingerprint density at radius 1 is 1.10 bits per heavy atom. The lowest BCUT2D eigenvalue weighted by Gasteiger charge is -2.16. The summed E-state index contributed by atoms with van der Waals surface area (Å²) in [4.78, 5) is 7.65. The van der Waals surface area contributed by atoms with E-state index < -0.39 is 11.9 Å². The number of benzene rings is 1. The molecule has 2 N–H and O–H groups in total. The number of alkyl halides is 3. The Bertz CT molecular complexity index is 847. The summed E-state index contributed by atoms with van der Waals surface area (Å²) in [7, 11) is 6.22. The van der Waals surface area contributed by atoms with Gasteiger partial charge in [-0.05, 0) is 12.5 Å². The van der Waals surface area contributed by atoms with E-state index in [1.54, 1.807) is 27.3 Å². The third-order valence-corrected chi connectivity index (χ3v) is 4.79. The largest absolute Gasteiger partial charge is 0.493 e. The number of hydrogen-bond acceptors (Lipinski definition) is 6. The number of nitrogens with one attached hydrogen (secondary N) is 2. The fourth-order valence-electron chi connectivity index (χ4n) is 2.58. The number of nitrogens with zero attached hydrogens (tertiary/aromatic N) is 2. The van der Waals surface area contributed by atoms with Crippen LogP contribution < -0.4 is 24.8 Å². The second-order valence-corrected chi connectivity index (χ2v) is 6.66. The summed E-state index contributed by atoms with van der Waals surface area (Å²) >= 11 is 0.943. The van der Waals surface area contributed by atoms with Gasteiger partial charge < -0.3 is 24.8 Å². The third-order valence-electron chi connectivity index (χ3n) is 3.95. The van der Waals surface area contributed by atoms with Crippen molar-refractivity contribution in [3.63, 3.8) is 0 Å². The minimum Gasteiger partial charge on any atom is -0.493 e. The molecule has 7 nitrogen and oxygen atoms in total. The van der Waals surface area contributed by atoms with Gasteiger partial charge in [0.05, 0.1) is 27.9 Å². The van der Waals surface area contributed by atoms with Crippen LogP contribution in [0.1, 0.15) is 16.3 Å². The van der Waals surface area contributed by atoms with Crippen molar-refractivity contribution in [1.29, 1.82) is 0 Å². The number of aromatic nitrogens is 1.